The highest BCUT2D eigenvalue weighted by molar-refractivity contribution is 7.98. The van der Waals surface area contributed by atoms with Crippen molar-refractivity contribution < 1.29 is 9.90 Å². The van der Waals surface area contributed by atoms with Crippen molar-refractivity contribution >= 4 is 17.7 Å². The monoisotopic (exact) mass is 197 g/mol. The molecule has 0 radical (unpaired) electrons. The van der Waals surface area contributed by atoms with Crippen LogP contribution in [0.4, 0.5) is 0 Å². The van der Waals surface area contributed by atoms with Crippen molar-refractivity contribution in [3.05, 3.63) is 23.8 Å². The van der Waals surface area contributed by atoms with Crippen molar-refractivity contribution in [3.63, 3.8) is 0 Å². The Morgan fingerprint density at radius 3 is 2.69 bits per heavy atom. The van der Waals surface area contributed by atoms with Gasteiger partial charge in [-0.3, -0.25) is 4.79 Å². The Balaban J connectivity index is 3.08. The fourth-order valence-corrected chi connectivity index (χ4v) is 1.46. The van der Waals surface area contributed by atoms with Gasteiger partial charge in [-0.05, 0) is 24.5 Å². The first-order valence-electron chi connectivity index (χ1n) is 3.77. The fraction of sp³-hybridized carbons (Fsp3) is 0.222. The molecule has 0 saturated heterocycles. The van der Waals surface area contributed by atoms with Gasteiger partial charge in [0, 0.05) is 17.5 Å². The number of benzene rings is 1. The molecule has 0 atom stereocenters. The number of nitrogens with one attached hydrogen (secondary N) is 1. The lowest BCUT2D eigenvalue weighted by molar-refractivity contribution is 0.0962. The van der Waals surface area contributed by atoms with Crippen LogP contribution < -0.4 is 5.32 Å². The molecule has 0 bridgehead atoms. The first kappa shape index (κ1) is 9.92. The third-order valence-electron chi connectivity index (χ3n) is 1.62. The molecular formula is C9H11NO2S. The van der Waals surface area contributed by atoms with Crippen LogP contribution in [-0.4, -0.2) is 24.3 Å². The molecule has 1 rings (SSSR count). The summed E-state index contributed by atoms with van der Waals surface area (Å²) >= 11 is 1.49. The SMILES string of the molecule is CNC(=O)c1cc(O)cc(SC)c1. The first-order chi connectivity index (χ1) is 6.17. The molecule has 4 heteroatoms. The van der Waals surface area contributed by atoms with E-state index in [1.165, 1.54) is 17.8 Å². The van der Waals surface area contributed by atoms with Crippen LogP contribution in [0.3, 0.4) is 0 Å². The zero-order valence-electron chi connectivity index (χ0n) is 7.50. The number of hydrogen-bond donors (Lipinski definition) is 2. The lowest BCUT2D eigenvalue weighted by Gasteiger charge is -2.03. The van der Waals surface area contributed by atoms with Crippen LogP contribution in [-0.2, 0) is 0 Å². The predicted molar refractivity (Wildman–Crippen MR) is 53.3 cm³/mol. The van der Waals surface area contributed by atoms with Gasteiger partial charge >= 0.3 is 0 Å². The van der Waals surface area contributed by atoms with E-state index in [1.807, 2.05) is 6.26 Å². The van der Waals surface area contributed by atoms with E-state index < -0.39 is 0 Å². The molecule has 1 amide bonds. The lowest BCUT2D eigenvalue weighted by atomic mass is 10.2. The van der Waals surface area contributed by atoms with Crippen LogP contribution in [0.5, 0.6) is 5.75 Å². The van der Waals surface area contributed by atoms with Gasteiger partial charge in [0.1, 0.15) is 5.75 Å². The quantitative estimate of drug-likeness (QED) is 0.706. The molecule has 1 aromatic carbocycles. The molecule has 0 fully saturated rings. The van der Waals surface area contributed by atoms with E-state index in [0.717, 1.165) is 4.90 Å². The van der Waals surface area contributed by atoms with E-state index in [2.05, 4.69) is 5.32 Å². The third-order valence-corrected chi connectivity index (χ3v) is 2.32. The second-order valence-corrected chi connectivity index (χ2v) is 3.38. The molecule has 1 aromatic rings. The van der Waals surface area contributed by atoms with Crippen LogP contribution in [0, 0.1) is 0 Å². The average molecular weight is 197 g/mol. The number of hydrogen-bond acceptors (Lipinski definition) is 3. The second-order valence-electron chi connectivity index (χ2n) is 2.50. The molecule has 3 nitrogen and oxygen atoms in total. The highest BCUT2D eigenvalue weighted by Crippen LogP contribution is 2.22. The third kappa shape index (κ3) is 2.39. The van der Waals surface area contributed by atoms with Gasteiger partial charge in [-0.1, -0.05) is 0 Å². The minimum absolute atomic E-state index is 0.116. The predicted octanol–water partition coefficient (Wildman–Crippen LogP) is 1.47. The molecule has 0 unspecified atom stereocenters. The maximum absolute atomic E-state index is 11.2. The standard InChI is InChI=1S/C9H11NO2S/c1-10-9(12)6-3-7(11)5-8(4-6)13-2/h3-5,11H,1-2H3,(H,10,12). The van der Waals surface area contributed by atoms with Crippen molar-refractivity contribution in [3.8, 4) is 5.75 Å². The van der Waals surface area contributed by atoms with Gasteiger partial charge in [-0.2, -0.15) is 0 Å². The summed E-state index contributed by atoms with van der Waals surface area (Å²) in [4.78, 5) is 12.1. The number of rotatable bonds is 2. The Morgan fingerprint density at radius 2 is 2.15 bits per heavy atom. The van der Waals surface area contributed by atoms with Crippen LogP contribution >= 0.6 is 11.8 Å². The molecule has 13 heavy (non-hydrogen) atoms. The summed E-state index contributed by atoms with van der Waals surface area (Å²) in [6, 6.07) is 4.80. The van der Waals surface area contributed by atoms with Crippen LogP contribution in [0.2, 0.25) is 0 Å². The molecule has 0 aliphatic heterocycles. The largest absolute Gasteiger partial charge is 0.508 e. The van der Waals surface area contributed by atoms with Crippen molar-refractivity contribution in [2.24, 2.45) is 0 Å². The topological polar surface area (TPSA) is 49.3 Å². The summed E-state index contributed by atoms with van der Waals surface area (Å²) in [6.45, 7) is 0. The molecular weight excluding hydrogens is 186 g/mol. The van der Waals surface area contributed by atoms with Gasteiger partial charge in [0.15, 0.2) is 0 Å². The molecule has 0 heterocycles. The smallest absolute Gasteiger partial charge is 0.251 e. The zero-order valence-corrected chi connectivity index (χ0v) is 8.31. The maximum atomic E-state index is 11.2. The Bertz CT molecular complexity index is 325. The maximum Gasteiger partial charge on any atom is 0.251 e. The average Bonchev–Trinajstić information content (AvgIpc) is 2.15. The van der Waals surface area contributed by atoms with Crippen LogP contribution in [0.15, 0.2) is 23.1 Å². The van der Waals surface area contributed by atoms with Gasteiger partial charge in [-0.15, -0.1) is 11.8 Å². The van der Waals surface area contributed by atoms with E-state index in [-0.39, 0.29) is 11.7 Å². The Morgan fingerprint density at radius 1 is 1.46 bits per heavy atom. The molecule has 0 aliphatic carbocycles. The molecule has 0 aromatic heterocycles. The molecule has 0 saturated carbocycles. The highest BCUT2D eigenvalue weighted by Gasteiger charge is 2.05. The van der Waals surface area contributed by atoms with E-state index in [0.29, 0.717) is 5.56 Å². The zero-order chi connectivity index (χ0) is 9.84. The number of phenolic OH excluding ortho intramolecular Hbond substituents is 1. The molecule has 2 N–H and O–H groups in total. The summed E-state index contributed by atoms with van der Waals surface area (Å²) in [5, 5.41) is 11.8. The van der Waals surface area contributed by atoms with E-state index >= 15 is 0 Å². The van der Waals surface area contributed by atoms with E-state index in [9.17, 15) is 9.90 Å². The number of carbonyl (C=O) groups is 1. The summed E-state index contributed by atoms with van der Waals surface area (Å²) in [5.41, 5.74) is 0.479. The number of phenols is 1. The minimum Gasteiger partial charge on any atom is -0.508 e. The normalized spacial score (nSPS) is 9.69. The molecule has 0 aliphatic rings. The Hall–Kier alpha value is -1.16. The van der Waals surface area contributed by atoms with Gasteiger partial charge in [0.2, 0.25) is 0 Å². The molecule has 70 valence electrons. The van der Waals surface area contributed by atoms with Crippen LogP contribution in [0.25, 0.3) is 0 Å². The number of aromatic hydroxyl groups is 1. The van der Waals surface area contributed by atoms with E-state index in [1.54, 1.807) is 19.2 Å². The first-order valence-corrected chi connectivity index (χ1v) is 5.00. The highest BCUT2D eigenvalue weighted by atomic mass is 32.2. The summed E-state index contributed by atoms with van der Waals surface area (Å²) in [6.07, 6.45) is 1.89. The van der Waals surface area contributed by atoms with E-state index in [4.69, 9.17) is 0 Å². The number of thioether (sulfide) groups is 1. The number of carbonyl (C=O) groups excluding carboxylic acids is 1. The second kappa shape index (κ2) is 4.18. The summed E-state index contributed by atoms with van der Waals surface area (Å²) in [5.74, 6) is -0.0725. The summed E-state index contributed by atoms with van der Waals surface area (Å²) in [7, 11) is 1.56. The lowest BCUT2D eigenvalue weighted by Crippen LogP contribution is -2.17. The number of amides is 1. The van der Waals surface area contributed by atoms with Gasteiger partial charge in [-0.25, -0.2) is 0 Å². The fourth-order valence-electron chi connectivity index (χ4n) is 0.977. The Labute approximate surface area is 81.2 Å². The van der Waals surface area contributed by atoms with Crippen molar-refractivity contribution in [1.82, 2.24) is 5.32 Å². The van der Waals surface area contributed by atoms with Gasteiger partial charge < -0.3 is 10.4 Å². The van der Waals surface area contributed by atoms with Gasteiger partial charge in [0.05, 0.1) is 0 Å². The Kier molecular flexibility index (Phi) is 3.19. The van der Waals surface area contributed by atoms with Crippen LogP contribution in [0.1, 0.15) is 10.4 Å². The van der Waals surface area contributed by atoms with Crippen molar-refractivity contribution in [2.45, 2.75) is 4.90 Å². The van der Waals surface area contributed by atoms with Crippen molar-refractivity contribution in [2.75, 3.05) is 13.3 Å². The minimum atomic E-state index is -0.189. The van der Waals surface area contributed by atoms with Crippen molar-refractivity contribution in [1.29, 1.82) is 0 Å². The summed E-state index contributed by atoms with van der Waals surface area (Å²) < 4.78 is 0. The molecule has 0 spiro atoms. The van der Waals surface area contributed by atoms with Gasteiger partial charge in [0.25, 0.3) is 5.91 Å².